The van der Waals surface area contributed by atoms with E-state index in [2.05, 4.69) is 10.00 Å². The van der Waals surface area contributed by atoms with Crippen LogP contribution in [0, 0.1) is 0 Å². The predicted octanol–water partition coefficient (Wildman–Crippen LogP) is 2.84. The number of aryl methyl sites for hydroxylation is 1. The minimum atomic E-state index is -0.332. The molecule has 2 amide bonds. The van der Waals surface area contributed by atoms with Gasteiger partial charge in [0.05, 0.1) is 6.54 Å². The van der Waals surface area contributed by atoms with Gasteiger partial charge in [0.25, 0.3) is 11.5 Å². The van der Waals surface area contributed by atoms with Crippen molar-refractivity contribution in [2.24, 2.45) is 0 Å². The van der Waals surface area contributed by atoms with Crippen LogP contribution in [0.3, 0.4) is 0 Å². The zero-order chi connectivity index (χ0) is 24.4. The lowest BCUT2D eigenvalue weighted by Crippen LogP contribution is -2.49. The van der Waals surface area contributed by atoms with E-state index in [4.69, 9.17) is 11.6 Å². The van der Waals surface area contributed by atoms with Gasteiger partial charge in [-0.05, 0) is 42.3 Å². The van der Waals surface area contributed by atoms with Gasteiger partial charge in [0.1, 0.15) is 5.69 Å². The number of nitrogens with zero attached hydrogens (tertiary/aromatic N) is 5. The second-order valence-electron chi connectivity index (χ2n) is 8.71. The molecule has 0 spiro atoms. The molecule has 0 aliphatic carbocycles. The van der Waals surface area contributed by atoms with Gasteiger partial charge in [0.15, 0.2) is 0 Å². The summed E-state index contributed by atoms with van der Waals surface area (Å²) in [7, 11) is 0. The highest BCUT2D eigenvalue weighted by Gasteiger charge is 2.27. The molecule has 5 rings (SSSR count). The SMILES string of the molecule is O=C(CCn1nc(C(=O)N2CCc3ccccc32)ccc1=O)N1CCN(c2cccc(Cl)c2)CC1. The molecule has 0 N–H and O–H groups in total. The Morgan fingerprint density at radius 2 is 1.71 bits per heavy atom. The third-order valence-electron chi connectivity index (χ3n) is 6.56. The van der Waals surface area contributed by atoms with E-state index in [1.54, 1.807) is 4.90 Å². The molecule has 0 bridgehead atoms. The Kier molecular flexibility index (Phi) is 6.55. The fourth-order valence-electron chi connectivity index (χ4n) is 4.66. The van der Waals surface area contributed by atoms with E-state index in [-0.39, 0.29) is 36.0 Å². The summed E-state index contributed by atoms with van der Waals surface area (Å²) >= 11 is 6.10. The van der Waals surface area contributed by atoms with E-state index in [1.807, 2.05) is 53.4 Å². The molecule has 3 aromatic rings. The number of aromatic nitrogens is 2. The second kappa shape index (κ2) is 9.92. The van der Waals surface area contributed by atoms with Crippen LogP contribution in [0.5, 0.6) is 0 Å². The maximum absolute atomic E-state index is 13.1. The summed E-state index contributed by atoms with van der Waals surface area (Å²) in [5, 5.41) is 4.98. The van der Waals surface area contributed by atoms with Crippen molar-refractivity contribution in [1.29, 1.82) is 0 Å². The molecule has 1 fully saturated rings. The zero-order valence-corrected chi connectivity index (χ0v) is 20.0. The number of rotatable bonds is 5. The van der Waals surface area contributed by atoms with E-state index in [0.717, 1.165) is 23.4 Å². The summed E-state index contributed by atoms with van der Waals surface area (Å²) < 4.78 is 1.22. The lowest BCUT2D eigenvalue weighted by atomic mass is 10.2. The van der Waals surface area contributed by atoms with Gasteiger partial charge < -0.3 is 14.7 Å². The number of carbonyl (C=O) groups excluding carboxylic acids is 2. The molecule has 0 unspecified atom stereocenters. The molecule has 2 aromatic carbocycles. The third-order valence-corrected chi connectivity index (χ3v) is 6.80. The second-order valence-corrected chi connectivity index (χ2v) is 9.15. The zero-order valence-electron chi connectivity index (χ0n) is 19.3. The molecular weight excluding hydrogens is 466 g/mol. The molecule has 2 aliphatic heterocycles. The van der Waals surface area contributed by atoms with Crippen molar-refractivity contribution in [3.8, 4) is 0 Å². The number of carbonyl (C=O) groups is 2. The van der Waals surface area contributed by atoms with Crippen LogP contribution >= 0.6 is 11.6 Å². The van der Waals surface area contributed by atoms with Crippen LogP contribution in [0.15, 0.2) is 65.5 Å². The fraction of sp³-hybridized carbons (Fsp3) is 0.308. The van der Waals surface area contributed by atoms with Gasteiger partial charge >= 0.3 is 0 Å². The maximum Gasteiger partial charge on any atom is 0.278 e. The Morgan fingerprint density at radius 1 is 0.914 bits per heavy atom. The number of hydrogen-bond donors (Lipinski definition) is 0. The molecule has 0 atom stereocenters. The van der Waals surface area contributed by atoms with Gasteiger partial charge in [-0.3, -0.25) is 14.4 Å². The normalized spacial score (nSPS) is 15.3. The van der Waals surface area contributed by atoms with Crippen molar-refractivity contribution in [2.45, 2.75) is 19.4 Å². The Bertz CT molecular complexity index is 1320. The average molecular weight is 492 g/mol. The van der Waals surface area contributed by atoms with Gasteiger partial charge in [-0.15, -0.1) is 0 Å². The molecule has 0 radical (unpaired) electrons. The summed E-state index contributed by atoms with van der Waals surface area (Å²) in [6.07, 6.45) is 0.939. The Morgan fingerprint density at radius 3 is 2.51 bits per heavy atom. The number of hydrogen-bond acceptors (Lipinski definition) is 5. The van der Waals surface area contributed by atoms with Gasteiger partial charge in [-0.2, -0.15) is 5.10 Å². The number of anilines is 2. The first-order valence-electron chi connectivity index (χ1n) is 11.8. The van der Waals surface area contributed by atoms with Crippen LogP contribution in [-0.4, -0.2) is 59.2 Å². The minimum Gasteiger partial charge on any atom is -0.368 e. The van der Waals surface area contributed by atoms with Crippen molar-refractivity contribution < 1.29 is 9.59 Å². The molecule has 2 aliphatic rings. The summed E-state index contributed by atoms with van der Waals surface area (Å²) in [5.74, 6) is -0.276. The molecule has 180 valence electrons. The monoisotopic (exact) mass is 491 g/mol. The Hall–Kier alpha value is -3.65. The van der Waals surface area contributed by atoms with Crippen molar-refractivity contribution in [1.82, 2.24) is 14.7 Å². The number of amides is 2. The first-order valence-corrected chi connectivity index (χ1v) is 12.1. The van der Waals surface area contributed by atoms with Gasteiger partial charge in [0, 0.05) is 61.6 Å². The summed E-state index contributed by atoms with van der Waals surface area (Å²) in [5.41, 5.74) is 2.91. The lowest BCUT2D eigenvalue weighted by Gasteiger charge is -2.36. The largest absolute Gasteiger partial charge is 0.368 e. The molecule has 9 heteroatoms. The van der Waals surface area contributed by atoms with Crippen molar-refractivity contribution in [3.05, 3.63) is 87.3 Å². The third kappa shape index (κ3) is 4.93. The minimum absolute atomic E-state index is 0.0327. The first-order chi connectivity index (χ1) is 17.0. The quantitative estimate of drug-likeness (QED) is 0.548. The van der Waals surface area contributed by atoms with E-state index in [0.29, 0.717) is 37.7 Å². The maximum atomic E-state index is 13.1. The van der Waals surface area contributed by atoms with Crippen molar-refractivity contribution in [3.63, 3.8) is 0 Å². The van der Waals surface area contributed by atoms with E-state index >= 15 is 0 Å². The standard InChI is InChI=1S/C26H26ClN5O3/c27-20-5-3-6-21(18-20)29-14-16-30(17-15-29)24(33)11-13-32-25(34)9-8-22(28-32)26(35)31-12-10-19-4-1-2-7-23(19)31/h1-9,18H,10-17H2. The van der Waals surface area contributed by atoms with E-state index in [1.165, 1.54) is 16.8 Å². The van der Waals surface area contributed by atoms with Crippen LogP contribution in [0.4, 0.5) is 11.4 Å². The van der Waals surface area contributed by atoms with Gasteiger partial charge in [-0.1, -0.05) is 35.9 Å². The van der Waals surface area contributed by atoms with Gasteiger partial charge in [0.2, 0.25) is 5.91 Å². The smallest absolute Gasteiger partial charge is 0.278 e. The van der Waals surface area contributed by atoms with Crippen molar-refractivity contribution >= 4 is 34.8 Å². The van der Waals surface area contributed by atoms with Crippen LogP contribution in [0.2, 0.25) is 5.02 Å². The first kappa shape index (κ1) is 23.1. The number of fused-ring (bicyclic) bond motifs is 1. The van der Waals surface area contributed by atoms with Crippen LogP contribution in [0.1, 0.15) is 22.5 Å². The van der Waals surface area contributed by atoms with Crippen LogP contribution in [-0.2, 0) is 17.8 Å². The summed E-state index contributed by atoms with van der Waals surface area (Å²) in [4.78, 5) is 44.0. The van der Waals surface area contributed by atoms with Gasteiger partial charge in [-0.25, -0.2) is 4.68 Å². The average Bonchev–Trinajstić information content (AvgIpc) is 3.32. The highest BCUT2D eigenvalue weighted by molar-refractivity contribution is 6.30. The number of benzene rings is 2. The predicted molar refractivity (Wildman–Crippen MR) is 135 cm³/mol. The lowest BCUT2D eigenvalue weighted by molar-refractivity contribution is -0.131. The van der Waals surface area contributed by atoms with E-state index in [9.17, 15) is 14.4 Å². The highest BCUT2D eigenvalue weighted by Crippen LogP contribution is 2.28. The fourth-order valence-corrected chi connectivity index (χ4v) is 4.84. The topological polar surface area (TPSA) is 78.8 Å². The van der Waals surface area contributed by atoms with Crippen LogP contribution < -0.4 is 15.4 Å². The molecule has 0 saturated carbocycles. The van der Waals surface area contributed by atoms with E-state index < -0.39 is 0 Å². The molecule has 1 aromatic heterocycles. The number of para-hydroxylation sites is 1. The van der Waals surface area contributed by atoms with Crippen molar-refractivity contribution in [2.75, 3.05) is 42.5 Å². The summed E-state index contributed by atoms with van der Waals surface area (Å²) in [6, 6.07) is 18.3. The Labute approximate surface area is 208 Å². The Balaban J connectivity index is 1.20. The molecule has 1 saturated heterocycles. The number of halogens is 1. The van der Waals surface area contributed by atoms with Crippen LogP contribution in [0.25, 0.3) is 0 Å². The molecule has 3 heterocycles. The highest BCUT2D eigenvalue weighted by atomic mass is 35.5. The molecule has 35 heavy (non-hydrogen) atoms. The molecule has 8 nitrogen and oxygen atoms in total. The molecular formula is C26H26ClN5O3. The summed E-state index contributed by atoms with van der Waals surface area (Å²) in [6.45, 7) is 3.33. The number of piperazine rings is 1.